The average molecular weight is 285 g/mol. The maximum atomic E-state index is 11.8. The molecular formula is C15H25ClN2O. The zero-order valence-corrected chi connectivity index (χ0v) is 12.6. The summed E-state index contributed by atoms with van der Waals surface area (Å²) in [6.45, 7) is 3.03. The van der Waals surface area contributed by atoms with Gasteiger partial charge in [0.25, 0.3) is 0 Å². The van der Waals surface area contributed by atoms with Crippen LogP contribution < -0.4 is 10.6 Å². The highest BCUT2D eigenvalue weighted by Gasteiger charge is 2.12. The minimum atomic E-state index is 0. The fourth-order valence-corrected chi connectivity index (χ4v) is 1.99. The number of halogens is 1. The summed E-state index contributed by atoms with van der Waals surface area (Å²) in [4.78, 5) is 11.8. The van der Waals surface area contributed by atoms with Crippen molar-refractivity contribution >= 4 is 18.3 Å². The molecule has 1 amide bonds. The van der Waals surface area contributed by atoms with Gasteiger partial charge in [0.15, 0.2) is 0 Å². The molecule has 108 valence electrons. The molecule has 4 heteroatoms. The number of benzene rings is 1. The molecule has 0 aromatic heterocycles. The van der Waals surface area contributed by atoms with Crippen LogP contribution in [0.4, 0.5) is 0 Å². The quantitative estimate of drug-likeness (QED) is 0.721. The van der Waals surface area contributed by atoms with Crippen LogP contribution in [0.1, 0.15) is 44.2 Å². The first-order chi connectivity index (χ1) is 8.77. The second kappa shape index (κ2) is 10.8. The molecule has 1 unspecified atom stereocenters. The summed E-state index contributed by atoms with van der Waals surface area (Å²) in [5.41, 5.74) is 1.20. The minimum absolute atomic E-state index is 0. The molecule has 0 heterocycles. The highest BCUT2D eigenvalue weighted by molar-refractivity contribution is 5.85. The van der Waals surface area contributed by atoms with Gasteiger partial charge in [0.05, 0.1) is 6.04 Å². The Morgan fingerprint density at radius 2 is 1.95 bits per heavy atom. The second-order valence-electron chi connectivity index (χ2n) is 4.53. The summed E-state index contributed by atoms with van der Waals surface area (Å²) < 4.78 is 0. The standard InChI is InChI=1S/C15H24N2O.ClH/c1-3-8-14(13-9-5-4-6-10-13)17-15(18)11-7-12-16-2;/h4-6,9-10,14,16H,3,7-8,11-12H2,1-2H3,(H,17,18);1H. The number of amides is 1. The Kier molecular flexibility index (Phi) is 10.2. The van der Waals surface area contributed by atoms with E-state index in [0.717, 1.165) is 25.8 Å². The van der Waals surface area contributed by atoms with Gasteiger partial charge in [-0.1, -0.05) is 43.7 Å². The summed E-state index contributed by atoms with van der Waals surface area (Å²) in [5.74, 6) is 0.146. The van der Waals surface area contributed by atoms with E-state index in [0.29, 0.717) is 6.42 Å². The van der Waals surface area contributed by atoms with Crippen molar-refractivity contribution in [1.82, 2.24) is 10.6 Å². The van der Waals surface area contributed by atoms with Crippen molar-refractivity contribution in [3.63, 3.8) is 0 Å². The molecule has 0 radical (unpaired) electrons. The number of carbonyl (C=O) groups excluding carboxylic acids is 1. The monoisotopic (exact) mass is 284 g/mol. The van der Waals surface area contributed by atoms with E-state index in [-0.39, 0.29) is 24.4 Å². The molecule has 1 atom stereocenters. The Bertz CT molecular complexity index is 343. The third-order valence-electron chi connectivity index (χ3n) is 2.95. The first-order valence-electron chi connectivity index (χ1n) is 6.76. The predicted octanol–water partition coefficient (Wildman–Crippen LogP) is 3.07. The smallest absolute Gasteiger partial charge is 0.220 e. The van der Waals surface area contributed by atoms with Crippen molar-refractivity contribution in [2.45, 2.75) is 38.6 Å². The molecule has 0 bridgehead atoms. The van der Waals surface area contributed by atoms with Crippen LogP contribution in [0.25, 0.3) is 0 Å². The van der Waals surface area contributed by atoms with E-state index in [1.807, 2.05) is 25.2 Å². The molecule has 0 aliphatic carbocycles. The van der Waals surface area contributed by atoms with E-state index in [4.69, 9.17) is 0 Å². The molecule has 1 rings (SSSR count). The number of hydrogen-bond donors (Lipinski definition) is 2. The highest BCUT2D eigenvalue weighted by Crippen LogP contribution is 2.18. The maximum absolute atomic E-state index is 11.8. The predicted molar refractivity (Wildman–Crippen MR) is 82.6 cm³/mol. The number of carbonyl (C=O) groups is 1. The van der Waals surface area contributed by atoms with Crippen molar-refractivity contribution in [3.8, 4) is 0 Å². The zero-order chi connectivity index (χ0) is 13.2. The zero-order valence-electron chi connectivity index (χ0n) is 11.8. The van der Waals surface area contributed by atoms with E-state index in [9.17, 15) is 4.79 Å². The van der Waals surface area contributed by atoms with E-state index in [1.54, 1.807) is 0 Å². The number of hydrogen-bond acceptors (Lipinski definition) is 2. The minimum Gasteiger partial charge on any atom is -0.349 e. The normalized spacial score (nSPS) is 11.5. The lowest BCUT2D eigenvalue weighted by Crippen LogP contribution is -2.28. The van der Waals surface area contributed by atoms with E-state index in [2.05, 4.69) is 29.7 Å². The first kappa shape index (κ1) is 17.9. The third-order valence-corrected chi connectivity index (χ3v) is 2.95. The second-order valence-corrected chi connectivity index (χ2v) is 4.53. The Morgan fingerprint density at radius 1 is 1.26 bits per heavy atom. The maximum Gasteiger partial charge on any atom is 0.220 e. The lowest BCUT2D eigenvalue weighted by Gasteiger charge is -2.18. The van der Waals surface area contributed by atoms with Gasteiger partial charge in [0.2, 0.25) is 5.91 Å². The van der Waals surface area contributed by atoms with Crippen LogP contribution in [-0.2, 0) is 4.79 Å². The fraction of sp³-hybridized carbons (Fsp3) is 0.533. The van der Waals surface area contributed by atoms with Crippen LogP contribution >= 0.6 is 12.4 Å². The van der Waals surface area contributed by atoms with Crippen molar-refractivity contribution in [2.75, 3.05) is 13.6 Å². The summed E-state index contributed by atoms with van der Waals surface area (Å²) in [5, 5.41) is 6.18. The molecule has 0 spiro atoms. The van der Waals surface area contributed by atoms with Gasteiger partial charge in [-0.15, -0.1) is 12.4 Å². The lowest BCUT2D eigenvalue weighted by atomic mass is 10.0. The van der Waals surface area contributed by atoms with Crippen LogP contribution in [0.2, 0.25) is 0 Å². The molecule has 0 aliphatic heterocycles. The summed E-state index contributed by atoms with van der Waals surface area (Å²) in [6.07, 6.45) is 3.53. The van der Waals surface area contributed by atoms with Crippen LogP contribution in [0.3, 0.4) is 0 Å². The molecule has 0 fully saturated rings. The molecular weight excluding hydrogens is 260 g/mol. The Morgan fingerprint density at radius 3 is 2.53 bits per heavy atom. The number of rotatable bonds is 8. The Balaban J connectivity index is 0.00000324. The van der Waals surface area contributed by atoms with Crippen molar-refractivity contribution in [1.29, 1.82) is 0 Å². The SMILES string of the molecule is CCCC(NC(=O)CCCNC)c1ccccc1.Cl. The molecule has 1 aromatic carbocycles. The Labute approximate surface area is 122 Å². The summed E-state index contributed by atoms with van der Waals surface area (Å²) >= 11 is 0. The van der Waals surface area contributed by atoms with Crippen molar-refractivity contribution in [2.24, 2.45) is 0 Å². The molecule has 0 saturated heterocycles. The highest BCUT2D eigenvalue weighted by atomic mass is 35.5. The molecule has 0 saturated carbocycles. The van der Waals surface area contributed by atoms with Gasteiger partial charge < -0.3 is 10.6 Å². The summed E-state index contributed by atoms with van der Waals surface area (Å²) in [6, 6.07) is 10.3. The molecule has 0 aliphatic rings. The van der Waals surface area contributed by atoms with Gasteiger partial charge in [-0.05, 0) is 32.0 Å². The van der Waals surface area contributed by atoms with Crippen molar-refractivity contribution in [3.05, 3.63) is 35.9 Å². The topological polar surface area (TPSA) is 41.1 Å². The van der Waals surface area contributed by atoms with Crippen LogP contribution in [0.15, 0.2) is 30.3 Å². The largest absolute Gasteiger partial charge is 0.349 e. The molecule has 19 heavy (non-hydrogen) atoms. The van der Waals surface area contributed by atoms with Gasteiger partial charge >= 0.3 is 0 Å². The third kappa shape index (κ3) is 7.19. The van der Waals surface area contributed by atoms with Gasteiger partial charge in [-0.3, -0.25) is 4.79 Å². The lowest BCUT2D eigenvalue weighted by molar-refractivity contribution is -0.122. The van der Waals surface area contributed by atoms with E-state index < -0.39 is 0 Å². The van der Waals surface area contributed by atoms with Gasteiger partial charge in [-0.25, -0.2) is 0 Å². The van der Waals surface area contributed by atoms with Gasteiger partial charge in [0, 0.05) is 6.42 Å². The average Bonchev–Trinajstić information content (AvgIpc) is 2.39. The van der Waals surface area contributed by atoms with Gasteiger partial charge in [0.1, 0.15) is 0 Å². The van der Waals surface area contributed by atoms with E-state index in [1.165, 1.54) is 5.56 Å². The molecule has 3 nitrogen and oxygen atoms in total. The van der Waals surface area contributed by atoms with Crippen LogP contribution in [-0.4, -0.2) is 19.5 Å². The molecule has 1 aromatic rings. The number of nitrogens with one attached hydrogen (secondary N) is 2. The fourth-order valence-electron chi connectivity index (χ4n) is 1.99. The van der Waals surface area contributed by atoms with Crippen LogP contribution in [0, 0.1) is 0 Å². The first-order valence-corrected chi connectivity index (χ1v) is 6.76. The Hall–Kier alpha value is -1.06. The van der Waals surface area contributed by atoms with Crippen molar-refractivity contribution < 1.29 is 4.79 Å². The van der Waals surface area contributed by atoms with Gasteiger partial charge in [-0.2, -0.15) is 0 Å². The van der Waals surface area contributed by atoms with Crippen LogP contribution in [0.5, 0.6) is 0 Å². The van der Waals surface area contributed by atoms with E-state index >= 15 is 0 Å². The molecule has 2 N–H and O–H groups in total. The summed E-state index contributed by atoms with van der Waals surface area (Å²) in [7, 11) is 1.90.